The van der Waals surface area contributed by atoms with Crippen LogP contribution < -0.4 is 9.64 Å². The van der Waals surface area contributed by atoms with Gasteiger partial charge in [0.2, 0.25) is 5.88 Å². The molecule has 31 heavy (non-hydrogen) atoms. The van der Waals surface area contributed by atoms with E-state index in [1.165, 1.54) is 24.3 Å². The van der Waals surface area contributed by atoms with Crippen molar-refractivity contribution < 1.29 is 19.4 Å². The van der Waals surface area contributed by atoms with Gasteiger partial charge < -0.3 is 19.6 Å². The summed E-state index contributed by atoms with van der Waals surface area (Å²) in [5.41, 5.74) is 1.48. The van der Waals surface area contributed by atoms with E-state index in [-0.39, 0.29) is 17.4 Å². The van der Waals surface area contributed by atoms with Crippen LogP contribution in [-0.2, 0) is 0 Å². The Hall–Kier alpha value is -3.58. The Morgan fingerprint density at radius 3 is 2.32 bits per heavy atom. The number of anilines is 1. The zero-order valence-electron chi connectivity index (χ0n) is 16.6. The molecule has 0 spiro atoms. The lowest BCUT2D eigenvalue weighted by molar-refractivity contribution is 0.0695. The van der Waals surface area contributed by atoms with Crippen LogP contribution in [-0.4, -0.2) is 53.0 Å². The fourth-order valence-corrected chi connectivity index (χ4v) is 3.70. The Morgan fingerprint density at radius 2 is 1.65 bits per heavy atom. The molecule has 158 valence electrons. The Morgan fingerprint density at radius 1 is 0.935 bits per heavy atom. The van der Waals surface area contributed by atoms with E-state index in [2.05, 4.69) is 9.88 Å². The van der Waals surface area contributed by atoms with E-state index in [0.717, 1.165) is 5.69 Å². The number of aromatic carboxylic acids is 1. The SMILES string of the molecule is O=C(O)c1ccc(Oc2ncccc2C(=O)N2CCN(c3ccccc3Cl)CC2)cc1. The average molecular weight is 438 g/mol. The summed E-state index contributed by atoms with van der Waals surface area (Å²) in [6.45, 7) is 2.43. The number of ether oxygens (including phenoxy) is 1. The van der Waals surface area contributed by atoms with Crippen LogP contribution in [0, 0.1) is 0 Å². The molecule has 1 aromatic heterocycles. The lowest BCUT2D eigenvalue weighted by atomic mass is 10.2. The number of rotatable bonds is 5. The lowest BCUT2D eigenvalue weighted by Crippen LogP contribution is -2.49. The van der Waals surface area contributed by atoms with Gasteiger partial charge in [-0.25, -0.2) is 9.78 Å². The molecule has 4 rings (SSSR count). The first-order valence-corrected chi connectivity index (χ1v) is 10.2. The van der Waals surface area contributed by atoms with Gasteiger partial charge in [-0.3, -0.25) is 4.79 Å². The molecule has 7 nitrogen and oxygen atoms in total. The monoisotopic (exact) mass is 437 g/mol. The second kappa shape index (κ2) is 9.06. The fraction of sp³-hybridized carbons (Fsp3) is 0.174. The van der Waals surface area contributed by atoms with Crippen molar-refractivity contribution in [1.82, 2.24) is 9.88 Å². The number of halogens is 1. The summed E-state index contributed by atoms with van der Waals surface area (Å²) in [5, 5.41) is 9.71. The molecule has 0 radical (unpaired) electrons. The van der Waals surface area contributed by atoms with Crippen molar-refractivity contribution in [3.8, 4) is 11.6 Å². The predicted octanol–water partition coefficient (Wildman–Crippen LogP) is 4.19. The van der Waals surface area contributed by atoms with E-state index in [0.29, 0.717) is 42.5 Å². The second-order valence-corrected chi connectivity index (χ2v) is 7.43. The molecule has 0 unspecified atom stereocenters. The van der Waals surface area contributed by atoms with Crippen molar-refractivity contribution in [3.05, 3.63) is 83.0 Å². The number of carbonyl (C=O) groups is 2. The van der Waals surface area contributed by atoms with Crippen molar-refractivity contribution >= 4 is 29.2 Å². The van der Waals surface area contributed by atoms with Gasteiger partial charge in [-0.05, 0) is 48.5 Å². The number of hydrogen-bond donors (Lipinski definition) is 1. The van der Waals surface area contributed by atoms with Gasteiger partial charge in [0.1, 0.15) is 11.3 Å². The molecular weight excluding hydrogens is 418 g/mol. The number of nitrogens with zero attached hydrogens (tertiary/aromatic N) is 3. The Kier molecular flexibility index (Phi) is 6.04. The van der Waals surface area contributed by atoms with Gasteiger partial charge in [0.25, 0.3) is 5.91 Å². The maximum Gasteiger partial charge on any atom is 0.335 e. The van der Waals surface area contributed by atoms with Crippen LogP contribution in [0.5, 0.6) is 11.6 Å². The van der Waals surface area contributed by atoms with Gasteiger partial charge >= 0.3 is 5.97 Å². The molecule has 8 heteroatoms. The highest BCUT2D eigenvalue weighted by atomic mass is 35.5. The number of pyridine rings is 1. The van der Waals surface area contributed by atoms with Crippen molar-refractivity contribution in [1.29, 1.82) is 0 Å². The van der Waals surface area contributed by atoms with Gasteiger partial charge in [-0.15, -0.1) is 0 Å². The summed E-state index contributed by atoms with van der Waals surface area (Å²) in [5.74, 6) is -0.592. The van der Waals surface area contributed by atoms with E-state index in [1.807, 2.05) is 24.3 Å². The lowest BCUT2D eigenvalue weighted by Gasteiger charge is -2.36. The summed E-state index contributed by atoms with van der Waals surface area (Å²) in [4.78, 5) is 32.3. The highest BCUT2D eigenvalue weighted by Gasteiger charge is 2.26. The number of carboxylic acids is 1. The minimum Gasteiger partial charge on any atom is -0.478 e. The molecule has 2 aromatic carbocycles. The third-order valence-corrected chi connectivity index (χ3v) is 5.40. The molecule has 2 heterocycles. The smallest absolute Gasteiger partial charge is 0.335 e. The van der Waals surface area contributed by atoms with Crippen molar-refractivity contribution in [3.63, 3.8) is 0 Å². The molecule has 0 bridgehead atoms. The van der Waals surface area contributed by atoms with E-state index in [1.54, 1.807) is 23.2 Å². The van der Waals surface area contributed by atoms with Crippen LogP contribution in [0.3, 0.4) is 0 Å². The number of para-hydroxylation sites is 1. The second-order valence-electron chi connectivity index (χ2n) is 7.02. The summed E-state index contributed by atoms with van der Waals surface area (Å²) in [6.07, 6.45) is 1.55. The van der Waals surface area contributed by atoms with Gasteiger partial charge in [0, 0.05) is 32.4 Å². The van der Waals surface area contributed by atoms with Gasteiger partial charge in [0.15, 0.2) is 0 Å². The Balaban J connectivity index is 1.46. The molecule has 1 aliphatic rings. The van der Waals surface area contributed by atoms with Crippen LogP contribution in [0.4, 0.5) is 5.69 Å². The highest BCUT2D eigenvalue weighted by molar-refractivity contribution is 6.33. The molecule has 0 atom stereocenters. The zero-order chi connectivity index (χ0) is 21.8. The quantitative estimate of drug-likeness (QED) is 0.644. The summed E-state index contributed by atoms with van der Waals surface area (Å²) in [6, 6.07) is 17.0. The third-order valence-electron chi connectivity index (χ3n) is 5.08. The van der Waals surface area contributed by atoms with Crippen LogP contribution in [0.2, 0.25) is 5.02 Å². The van der Waals surface area contributed by atoms with Crippen molar-refractivity contribution in [2.24, 2.45) is 0 Å². The molecule has 0 saturated carbocycles. The van der Waals surface area contributed by atoms with Gasteiger partial charge in [-0.1, -0.05) is 23.7 Å². The third kappa shape index (κ3) is 4.62. The van der Waals surface area contributed by atoms with Crippen molar-refractivity contribution in [2.45, 2.75) is 0 Å². The Bertz CT molecular complexity index is 1100. The Labute approximate surface area is 184 Å². The zero-order valence-corrected chi connectivity index (χ0v) is 17.3. The number of aromatic nitrogens is 1. The standard InChI is InChI=1S/C23H20ClN3O4/c24-19-5-1-2-6-20(19)26-12-14-27(15-13-26)22(28)18-4-3-11-25-21(18)31-17-9-7-16(8-10-17)23(29)30/h1-11H,12-15H2,(H,29,30). The minimum absolute atomic E-state index is 0.154. The molecular formula is C23H20ClN3O4. The first kappa shape index (κ1) is 20.7. The minimum atomic E-state index is -1.02. The molecule has 1 N–H and O–H groups in total. The summed E-state index contributed by atoms with van der Waals surface area (Å²) >= 11 is 6.30. The van der Waals surface area contributed by atoms with E-state index in [4.69, 9.17) is 21.4 Å². The van der Waals surface area contributed by atoms with Crippen molar-refractivity contribution in [2.75, 3.05) is 31.1 Å². The highest BCUT2D eigenvalue weighted by Crippen LogP contribution is 2.28. The molecule has 0 aliphatic carbocycles. The summed E-state index contributed by atoms with van der Waals surface area (Å²) in [7, 11) is 0. The fourth-order valence-electron chi connectivity index (χ4n) is 3.44. The number of piperazine rings is 1. The number of carboxylic acid groups (broad SMARTS) is 1. The maximum atomic E-state index is 13.1. The largest absolute Gasteiger partial charge is 0.478 e. The topological polar surface area (TPSA) is 83.0 Å². The van der Waals surface area contributed by atoms with Crippen LogP contribution >= 0.6 is 11.6 Å². The maximum absolute atomic E-state index is 13.1. The predicted molar refractivity (Wildman–Crippen MR) is 117 cm³/mol. The molecule has 1 amide bonds. The molecule has 1 saturated heterocycles. The van der Waals surface area contributed by atoms with E-state index in [9.17, 15) is 9.59 Å². The number of carbonyl (C=O) groups excluding carboxylic acids is 1. The van der Waals surface area contributed by atoms with Crippen LogP contribution in [0.15, 0.2) is 66.9 Å². The van der Waals surface area contributed by atoms with E-state index >= 15 is 0 Å². The molecule has 1 fully saturated rings. The number of benzene rings is 2. The first-order chi connectivity index (χ1) is 15.0. The molecule has 1 aliphatic heterocycles. The normalized spacial score (nSPS) is 13.7. The number of amides is 1. The van der Waals surface area contributed by atoms with Crippen LogP contribution in [0.25, 0.3) is 0 Å². The summed E-state index contributed by atoms with van der Waals surface area (Å²) < 4.78 is 5.78. The van der Waals surface area contributed by atoms with Gasteiger partial charge in [0.05, 0.1) is 16.3 Å². The first-order valence-electron chi connectivity index (χ1n) is 9.78. The average Bonchev–Trinajstić information content (AvgIpc) is 2.80. The van der Waals surface area contributed by atoms with Crippen LogP contribution in [0.1, 0.15) is 20.7 Å². The van der Waals surface area contributed by atoms with Gasteiger partial charge in [-0.2, -0.15) is 0 Å². The number of hydrogen-bond acceptors (Lipinski definition) is 5. The molecule has 3 aromatic rings. The van der Waals surface area contributed by atoms with E-state index < -0.39 is 5.97 Å².